The van der Waals surface area contributed by atoms with Crippen molar-refractivity contribution in [1.82, 2.24) is 4.57 Å². The van der Waals surface area contributed by atoms with Crippen LogP contribution in [0.1, 0.15) is 10.4 Å². The molecule has 2 aromatic rings. The molecule has 0 aliphatic heterocycles. The Kier molecular flexibility index (Phi) is 6.18. The number of pyridine rings is 1. The lowest BCUT2D eigenvalue weighted by Gasteiger charge is -2.07. The van der Waals surface area contributed by atoms with Crippen molar-refractivity contribution in [2.45, 2.75) is 11.4 Å². The van der Waals surface area contributed by atoms with Gasteiger partial charge in [0.2, 0.25) is 0 Å². The largest absolute Gasteiger partial charge is 0.456 e. The number of carbonyl (C=O) groups excluding carboxylic acids is 2. The molecule has 0 fully saturated rings. The van der Waals surface area contributed by atoms with Crippen LogP contribution in [0.25, 0.3) is 0 Å². The van der Waals surface area contributed by atoms with Gasteiger partial charge in [-0.2, -0.15) is 0 Å². The third-order valence-electron chi connectivity index (χ3n) is 3.02. The molecule has 2 rings (SSSR count). The van der Waals surface area contributed by atoms with Gasteiger partial charge in [0.25, 0.3) is 5.56 Å². The van der Waals surface area contributed by atoms with Crippen molar-refractivity contribution in [2.24, 2.45) is 0 Å². The van der Waals surface area contributed by atoms with Gasteiger partial charge in [0.15, 0.2) is 12.4 Å². The summed E-state index contributed by atoms with van der Waals surface area (Å²) in [5.74, 6) is -0.924. The lowest BCUT2D eigenvalue weighted by atomic mass is 10.1. The quantitative estimate of drug-likeness (QED) is 0.427. The highest BCUT2D eigenvalue weighted by Gasteiger charge is 2.11. The predicted octanol–water partition coefficient (Wildman–Crippen LogP) is 2.76. The fourth-order valence-electron chi connectivity index (χ4n) is 1.82. The minimum atomic E-state index is -0.640. The van der Waals surface area contributed by atoms with Crippen molar-refractivity contribution >= 4 is 39.4 Å². The second-order valence-corrected chi connectivity index (χ2v) is 6.42. The Bertz CT molecular complexity index is 770. The monoisotopic (exact) mass is 395 g/mol. The molecule has 0 bridgehead atoms. The summed E-state index contributed by atoms with van der Waals surface area (Å²) < 4.78 is 6.83. The molecule has 0 aliphatic carbocycles. The first-order valence-corrected chi connectivity index (χ1v) is 8.70. The minimum Gasteiger partial charge on any atom is -0.456 e. The lowest BCUT2D eigenvalue weighted by Crippen LogP contribution is -2.25. The molecule has 1 aromatic carbocycles. The molecule has 5 nitrogen and oxygen atoms in total. The van der Waals surface area contributed by atoms with Gasteiger partial charge in [0.05, 0.1) is 0 Å². The van der Waals surface area contributed by atoms with Gasteiger partial charge in [0.1, 0.15) is 6.54 Å². The zero-order valence-electron chi connectivity index (χ0n) is 12.3. The van der Waals surface area contributed by atoms with Crippen molar-refractivity contribution in [3.8, 4) is 0 Å². The van der Waals surface area contributed by atoms with Crippen LogP contribution in [0.4, 0.5) is 0 Å². The van der Waals surface area contributed by atoms with Crippen molar-refractivity contribution in [1.29, 1.82) is 0 Å². The Morgan fingerprint density at radius 1 is 1.17 bits per heavy atom. The molecule has 0 saturated heterocycles. The van der Waals surface area contributed by atoms with Gasteiger partial charge in [-0.1, -0.05) is 12.1 Å². The maximum atomic E-state index is 12.0. The maximum absolute atomic E-state index is 12.0. The molecule has 1 aromatic heterocycles. The highest BCUT2D eigenvalue weighted by Crippen LogP contribution is 2.15. The number of rotatable bonds is 6. The molecule has 0 spiro atoms. The summed E-state index contributed by atoms with van der Waals surface area (Å²) in [6, 6.07) is 9.99. The highest BCUT2D eigenvalue weighted by atomic mass is 79.9. The molecule has 1 heterocycles. The van der Waals surface area contributed by atoms with Gasteiger partial charge in [0, 0.05) is 27.2 Å². The smallest absolute Gasteiger partial charge is 0.326 e. The van der Waals surface area contributed by atoms with E-state index in [1.807, 2.05) is 18.4 Å². The summed E-state index contributed by atoms with van der Waals surface area (Å²) in [7, 11) is 0. The molecule has 0 aliphatic rings. The van der Waals surface area contributed by atoms with E-state index in [-0.39, 0.29) is 24.5 Å². The molecular formula is C16H14BrNO4S. The summed E-state index contributed by atoms with van der Waals surface area (Å²) in [6.07, 6.45) is 3.44. The number of hydrogen-bond donors (Lipinski definition) is 0. The van der Waals surface area contributed by atoms with Crippen LogP contribution in [-0.4, -0.2) is 29.2 Å². The summed E-state index contributed by atoms with van der Waals surface area (Å²) in [5, 5.41) is 0. The number of hydrogen-bond acceptors (Lipinski definition) is 5. The Morgan fingerprint density at radius 3 is 2.52 bits per heavy atom. The Morgan fingerprint density at radius 2 is 1.87 bits per heavy atom. The number of esters is 1. The van der Waals surface area contributed by atoms with Gasteiger partial charge in [-0.3, -0.25) is 14.4 Å². The van der Waals surface area contributed by atoms with E-state index in [0.29, 0.717) is 10.0 Å². The number of carbonyl (C=O) groups is 2. The molecule has 120 valence electrons. The van der Waals surface area contributed by atoms with Crippen LogP contribution in [0, 0.1) is 0 Å². The SMILES string of the molecule is CSc1ccc(C(=O)COC(=O)Cn2cc(Br)ccc2=O)cc1. The summed E-state index contributed by atoms with van der Waals surface area (Å²) in [4.78, 5) is 36.4. The fourth-order valence-corrected chi connectivity index (χ4v) is 2.60. The zero-order valence-corrected chi connectivity index (χ0v) is 14.7. The van der Waals surface area contributed by atoms with Gasteiger partial charge in [-0.25, -0.2) is 0 Å². The van der Waals surface area contributed by atoms with Crippen LogP contribution in [0.2, 0.25) is 0 Å². The number of thioether (sulfide) groups is 1. The maximum Gasteiger partial charge on any atom is 0.326 e. The number of halogens is 1. The zero-order chi connectivity index (χ0) is 16.8. The molecule has 0 radical (unpaired) electrons. The van der Waals surface area contributed by atoms with Crippen molar-refractivity contribution in [3.63, 3.8) is 0 Å². The predicted molar refractivity (Wildman–Crippen MR) is 91.9 cm³/mol. The van der Waals surface area contributed by atoms with E-state index in [2.05, 4.69) is 15.9 Å². The first-order valence-electron chi connectivity index (χ1n) is 6.68. The van der Waals surface area contributed by atoms with Crippen LogP contribution < -0.4 is 5.56 Å². The summed E-state index contributed by atoms with van der Waals surface area (Å²) in [6.45, 7) is -0.586. The molecule has 0 saturated carbocycles. The second kappa shape index (κ2) is 8.12. The number of Topliss-reactive ketones (excluding diaryl/α,β-unsaturated/α-hetero) is 1. The molecule has 7 heteroatoms. The summed E-state index contributed by atoms with van der Waals surface area (Å²) in [5.41, 5.74) is 0.166. The number of nitrogens with zero attached hydrogens (tertiary/aromatic N) is 1. The van der Waals surface area contributed by atoms with Crippen LogP contribution >= 0.6 is 27.7 Å². The van der Waals surface area contributed by atoms with E-state index < -0.39 is 5.97 Å². The van der Waals surface area contributed by atoms with Crippen molar-refractivity contribution in [3.05, 3.63) is 63.0 Å². The first kappa shape index (κ1) is 17.5. The van der Waals surface area contributed by atoms with E-state index in [4.69, 9.17) is 4.74 Å². The van der Waals surface area contributed by atoms with Crippen LogP contribution in [0.15, 0.2) is 56.8 Å². The van der Waals surface area contributed by atoms with Gasteiger partial charge in [-0.05, 0) is 40.4 Å². The van der Waals surface area contributed by atoms with Crippen LogP contribution in [-0.2, 0) is 16.1 Å². The van der Waals surface area contributed by atoms with Crippen molar-refractivity contribution < 1.29 is 14.3 Å². The van der Waals surface area contributed by atoms with E-state index in [1.54, 1.807) is 30.0 Å². The number of ether oxygens (including phenoxy) is 1. The summed E-state index contributed by atoms with van der Waals surface area (Å²) >= 11 is 4.80. The molecule has 0 N–H and O–H groups in total. The van der Waals surface area contributed by atoms with E-state index in [9.17, 15) is 14.4 Å². The first-order chi connectivity index (χ1) is 11.0. The number of ketones is 1. The normalized spacial score (nSPS) is 10.3. The number of aromatic nitrogens is 1. The van der Waals surface area contributed by atoms with E-state index >= 15 is 0 Å². The average molecular weight is 396 g/mol. The third kappa shape index (κ3) is 5.07. The molecule has 0 amide bonds. The molecule has 23 heavy (non-hydrogen) atoms. The fraction of sp³-hybridized carbons (Fsp3) is 0.188. The number of benzene rings is 1. The van der Waals surface area contributed by atoms with Crippen LogP contribution in [0.5, 0.6) is 0 Å². The standard InChI is InChI=1S/C16H14BrNO4S/c1-23-13-5-2-11(3-6-13)14(19)10-22-16(21)9-18-8-12(17)4-7-15(18)20/h2-8H,9-10H2,1H3. The Labute approximate surface area is 145 Å². The topological polar surface area (TPSA) is 65.4 Å². The van der Waals surface area contributed by atoms with Gasteiger partial charge >= 0.3 is 5.97 Å². The molecule has 0 unspecified atom stereocenters. The second-order valence-electron chi connectivity index (χ2n) is 4.63. The van der Waals surface area contributed by atoms with Crippen molar-refractivity contribution in [2.75, 3.05) is 12.9 Å². The van der Waals surface area contributed by atoms with E-state index in [1.165, 1.54) is 16.8 Å². The molecule has 0 atom stereocenters. The Balaban J connectivity index is 1.91. The lowest BCUT2D eigenvalue weighted by molar-refractivity contribution is -0.143. The Hall–Kier alpha value is -1.86. The molecular weight excluding hydrogens is 382 g/mol. The van der Waals surface area contributed by atoms with Gasteiger partial charge in [-0.15, -0.1) is 11.8 Å². The average Bonchev–Trinajstić information content (AvgIpc) is 2.56. The third-order valence-corrected chi connectivity index (χ3v) is 4.24. The minimum absolute atomic E-state index is 0.239. The van der Waals surface area contributed by atoms with Crippen LogP contribution in [0.3, 0.4) is 0 Å². The highest BCUT2D eigenvalue weighted by molar-refractivity contribution is 9.10. The van der Waals surface area contributed by atoms with Gasteiger partial charge < -0.3 is 9.30 Å². The van der Waals surface area contributed by atoms with E-state index in [0.717, 1.165) is 4.90 Å².